The number of ketones is 2. The van der Waals surface area contributed by atoms with Gasteiger partial charge in [-0.25, -0.2) is 0 Å². The van der Waals surface area contributed by atoms with Crippen LogP contribution in [0.1, 0.15) is 64.9 Å². The zero-order valence-corrected chi connectivity index (χ0v) is 18.1. The van der Waals surface area contributed by atoms with Crippen molar-refractivity contribution in [3.8, 4) is 0 Å². The Kier molecular flexibility index (Phi) is 4.55. The van der Waals surface area contributed by atoms with Gasteiger partial charge in [-0.05, 0) is 23.0 Å². The third-order valence-corrected chi connectivity index (χ3v) is 6.53. The molecule has 0 N–H and O–H groups in total. The van der Waals surface area contributed by atoms with Crippen LogP contribution in [0, 0.1) is 10.8 Å². The highest BCUT2D eigenvalue weighted by Crippen LogP contribution is 2.54. The maximum Gasteiger partial charge on any atom is 0.163 e. The van der Waals surface area contributed by atoms with Crippen LogP contribution in [-0.4, -0.2) is 11.6 Å². The lowest BCUT2D eigenvalue weighted by atomic mass is 9.65. The highest BCUT2D eigenvalue weighted by molar-refractivity contribution is 6.36. The Hall–Kier alpha value is -1.58. The largest absolute Gasteiger partial charge is 0.465 e. The minimum atomic E-state index is -0.549. The summed E-state index contributed by atoms with van der Waals surface area (Å²) < 4.78 is 6.27. The fourth-order valence-electron chi connectivity index (χ4n) is 4.75. The predicted molar refractivity (Wildman–Crippen MR) is 110 cm³/mol. The number of rotatable bonds is 1. The van der Waals surface area contributed by atoms with E-state index in [0.29, 0.717) is 64.0 Å². The molecular formula is C23H24Cl2O3. The van der Waals surface area contributed by atoms with Gasteiger partial charge < -0.3 is 4.74 Å². The molecule has 1 aromatic carbocycles. The quantitative estimate of drug-likeness (QED) is 0.530. The third kappa shape index (κ3) is 3.23. The average Bonchev–Trinajstić information content (AvgIpc) is 2.50. The first-order valence-electron chi connectivity index (χ1n) is 9.63. The number of ether oxygens (including phenoxy) is 1. The number of halogens is 2. The molecule has 0 amide bonds. The summed E-state index contributed by atoms with van der Waals surface area (Å²) in [5.41, 5.74) is 1.38. The number of hydrogen-bond acceptors (Lipinski definition) is 3. The van der Waals surface area contributed by atoms with Gasteiger partial charge in [-0.1, -0.05) is 57.0 Å². The van der Waals surface area contributed by atoms with Gasteiger partial charge in [-0.15, -0.1) is 0 Å². The molecule has 1 aromatic rings. The molecule has 2 aliphatic carbocycles. The van der Waals surface area contributed by atoms with Gasteiger partial charge in [0.2, 0.25) is 0 Å². The molecule has 3 aliphatic rings. The SMILES string of the molecule is CC1(C)CC(=O)C2=C(C1)OC1=C(C(=O)CC(C)(C)C1)C2c1c(Cl)cccc1Cl. The molecule has 0 radical (unpaired) electrons. The number of allylic oxidation sites excluding steroid dienone is 4. The van der Waals surface area contributed by atoms with E-state index in [1.165, 1.54) is 0 Å². The second kappa shape index (κ2) is 6.47. The van der Waals surface area contributed by atoms with Gasteiger partial charge in [0.25, 0.3) is 0 Å². The summed E-state index contributed by atoms with van der Waals surface area (Å²) in [4.78, 5) is 26.4. The highest BCUT2D eigenvalue weighted by atomic mass is 35.5. The van der Waals surface area contributed by atoms with E-state index < -0.39 is 5.92 Å². The first kappa shape index (κ1) is 19.7. The third-order valence-electron chi connectivity index (χ3n) is 5.87. The Labute approximate surface area is 175 Å². The normalized spacial score (nSPS) is 24.1. The molecule has 0 aromatic heterocycles. The van der Waals surface area contributed by atoms with Gasteiger partial charge in [-0.3, -0.25) is 9.59 Å². The van der Waals surface area contributed by atoms with Crippen LogP contribution in [0.5, 0.6) is 0 Å². The summed E-state index contributed by atoms with van der Waals surface area (Å²) in [7, 11) is 0. The first-order chi connectivity index (χ1) is 13.0. The van der Waals surface area contributed by atoms with E-state index in [2.05, 4.69) is 27.7 Å². The van der Waals surface area contributed by atoms with Crippen LogP contribution in [0.25, 0.3) is 0 Å². The highest BCUT2D eigenvalue weighted by Gasteiger charge is 2.48. The average molecular weight is 419 g/mol. The van der Waals surface area contributed by atoms with Crippen molar-refractivity contribution in [3.63, 3.8) is 0 Å². The van der Waals surface area contributed by atoms with Gasteiger partial charge in [0.15, 0.2) is 11.6 Å². The minimum Gasteiger partial charge on any atom is -0.465 e. The van der Waals surface area contributed by atoms with Gasteiger partial charge >= 0.3 is 0 Å². The van der Waals surface area contributed by atoms with Gasteiger partial charge in [0.05, 0.1) is 5.92 Å². The van der Waals surface area contributed by atoms with Crippen LogP contribution in [0.15, 0.2) is 40.9 Å². The van der Waals surface area contributed by atoms with Crippen molar-refractivity contribution in [3.05, 3.63) is 56.5 Å². The Morgan fingerprint density at radius 2 is 1.25 bits per heavy atom. The molecule has 0 fully saturated rings. The maximum absolute atomic E-state index is 13.2. The molecule has 148 valence electrons. The topological polar surface area (TPSA) is 43.4 Å². The Morgan fingerprint density at radius 3 is 1.68 bits per heavy atom. The Morgan fingerprint density at radius 1 is 0.821 bits per heavy atom. The number of carbonyl (C=O) groups excluding carboxylic acids is 2. The summed E-state index contributed by atoms with van der Waals surface area (Å²) in [5, 5.41) is 0.932. The second-order valence-corrected chi connectivity index (χ2v) is 10.5. The smallest absolute Gasteiger partial charge is 0.163 e. The van der Waals surface area contributed by atoms with Crippen LogP contribution < -0.4 is 0 Å². The summed E-state index contributed by atoms with van der Waals surface area (Å²) >= 11 is 13.1. The Bertz CT molecular complexity index is 894. The number of carbonyl (C=O) groups is 2. The second-order valence-electron chi connectivity index (χ2n) is 9.73. The predicted octanol–water partition coefficient (Wildman–Crippen LogP) is 6.39. The molecule has 0 spiro atoms. The fourth-order valence-corrected chi connectivity index (χ4v) is 5.37. The number of hydrogen-bond donors (Lipinski definition) is 0. The molecule has 0 atom stereocenters. The summed E-state index contributed by atoms with van der Waals surface area (Å²) in [5.74, 6) is 0.818. The number of benzene rings is 1. The van der Waals surface area contributed by atoms with Crippen molar-refractivity contribution in [2.45, 2.75) is 59.3 Å². The van der Waals surface area contributed by atoms with E-state index in [0.717, 1.165) is 0 Å². The van der Waals surface area contributed by atoms with Crippen LogP contribution in [0.2, 0.25) is 10.0 Å². The van der Waals surface area contributed by atoms with E-state index in [-0.39, 0.29) is 22.4 Å². The maximum atomic E-state index is 13.2. The zero-order chi connectivity index (χ0) is 20.4. The van der Waals surface area contributed by atoms with Crippen molar-refractivity contribution in [1.29, 1.82) is 0 Å². The summed E-state index contributed by atoms with van der Waals surface area (Å²) in [6.07, 6.45) is 2.13. The lowest BCUT2D eigenvalue weighted by Gasteiger charge is -2.43. The van der Waals surface area contributed by atoms with E-state index >= 15 is 0 Å². The van der Waals surface area contributed by atoms with Gasteiger partial charge in [0, 0.05) is 52.4 Å². The standard InChI is InChI=1S/C23H24Cl2O3/c1-22(2)8-14(26)19-16(10-22)28-17-11-23(3,4)9-15(27)20(17)21(19)18-12(24)6-5-7-13(18)25/h5-7,21H,8-11H2,1-4H3. The van der Waals surface area contributed by atoms with Crippen molar-refractivity contribution in [2.75, 3.05) is 0 Å². The van der Waals surface area contributed by atoms with E-state index in [4.69, 9.17) is 27.9 Å². The van der Waals surface area contributed by atoms with E-state index in [1.807, 2.05) is 0 Å². The molecule has 0 saturated heterocycles. The van der Waals surface area contributed by atoms with Gasteiger partial charge in [0.1, 0.15) is 11.5 Å². The van der Waals surface area contributed by atoms with Crippen molar-refractivity contribution in [1.82, 2.24) is 0 Å². The van der Waals surface area contributed by atoms with Crippen LogP contribution in [-0.2, 0) is 14.3 Å². The molecule has 1 heterocycles. The van der Waals surface area contributed by atoms with Crippen LogP contribution >= 0.6 is 23.2 Å². The van der Waals surface area contributed by atoms with Crippen LogP contribution in [0.3, 0.4) is 0 Å². The summed E-state index contributed by atoms with van der Waals surface area (Å²) in [6, 6.07) is 5.29. The van der Waals surface area contributed by atoms with Crippen LogP contribution in [0.4, 0.5) is 0 Å². The molecule has 0 saturated carbocycles. The molecule has 28 heavy (non-hydrogen) atoms. The lowest BCUT2D eigenvalue weighted by Crippen LogP contribution is -2.37. The fraction of sp³-hybridized carbons (Fsp3) is 0.478. The van der Waals surface area contributed by atoms with Crippen molar-refractivity contribution >= 4 is 34.8 Å². The number of Topliss-reactive ketones (excluding diaryl/α,β-unsaturated/α-hetero) is 2. The first-order valence-corrected chi connectivity index (χ1v) is 10.4. The molecule has 0 bridgehead atoms. The van der Waals surface area contributed by atoms with E-state index in [9.17, 15) is 9.59 Å². The molecule has 5 heteroatoms. The molecular weight excluding hydrogens is 395 g/mol. The lowest BCUT2D eigenvalue weighted by molar-refractivity contribution is -0.120. The summed E-state index contributed by atoms with van der Waals surface area (Å²) in [6.45, 7) is 8.26. The molecule has 3 nitrogen and oxygen atoms in total. The molecule has 1 aliphatic heterocycles. The monoisotopic (exact) mass is 418 g/mol. The van der Waals surface area contributed by atoms with E-state index in [1.54, 1.807) is 18.2 Å². The minimum absolute atomic E-state index is 0.0106. The zero-order valence-electron chi connectivity index (χ0n) is 16.6. The molecule has 4 rings (SSSR count). The van der Waals surface area contributed by atoms with Crippen molar-refractivity contribution in [2.24, 2.45) is 10.8 Å². The Balaban J connectivity index is 1.98. The molecule has 0 unspecified atom stereocenters. The van der Waals surface area contributed by atoms with Gasteiger partial charge in [-0.2, -0.15) is 0 Å². The van der Waals surface area contributed by atoms with Crippen molar-refractivity contribution < 1.29 is 14.3 Å².